The maximum absolute atomic E-state index is 11.1. The molecule has 1 aliphatic carbocycles. The highest BCUT2D eigenvalue weighted by molar-refractivity contribution is 5.70. The lowest BCUT2D eigenvalue weighted by Gasteiger charge is -2.36. The van der Waals surface area contributed by atoms with Gasteiger partial charge in [0.15, 0.2) is 6.61 Å². The van der Waals surface area contributed by atoms with Crippen LogP contribution in [0.25, 0.3) is 0 Å². The fourth-order valence-corrected chi connectivity index (χ4v) is 3.00. The van der Waals surface area contributed by atoms with Crippen molar-refractivity contribution in [3.63, 3.8) is 0 Å². The Hall–Kier alpha value is -2.11. The first kappa shape index (κ1) is 19.2. The van der Waals surface area contributed by atoms with Gasteiger partial charge in [0.1, 0.15) is 11.5 Å². The molecule has 0 amide bonds. The summed E-state index contributed by atoms with van der Waals surface area (Å²) in [7, 11) is 1.33. The molecule has 25 heavy (non-hydrogen) atoms. The monoisotopic (exact) mass is 345 g/mol. The van der Waals surface area contributed by atoms with Crippen molar-refractivity contribution in [1.29, 1.82) is 0 Å². The van der Waals surface area contributed by atoms with Crippen LogP contribution in [0.2, 0.25) is 0 Å². The second-order valence-electron chi connectivity index (χ2n) is 6.34. The molecule has 0 saturated carbocycles. The molecule has 1 aromatic rings. The molecule has 136 valence electrons. The fourth-order valence-electron chi connectivity index (χ4n) is 3.00. The summed E-state index contributed by atoms with van der Waals surface area (Å²) in [6, 6.07) is 7.68. The van der Waals surface area contributed by atoms with Crippen LogP contribution in [0.15, 0.2) is 48.6 Å². The topological polar surface area (TPSA) is 67.8 Å². The number of hydrogen-bond donors (Lipinski definition) is 2. The molecular weight excluding hydrogens is 318 g/mol. The number of benzene rings is 1. The smallest absolute Gasteiger partial charge is 0.343 e. The van der Waals surface area contributed by atoms with E-state index < -0.39 is 11.7 Å². The van der Waals surface area contributed by atoms with Crippen molar-refractivity contribution < 1.29 is 19.4 Å². The van der Waals surface area contributed by atoms with Gasteiger partial charge in [0.25, 0.3) is 0 Å². The van der Waals surface area contributed by atoms with Crippen LogP contribution in [0.4, 0.5) is 0 Å². The van der Waals surface area contributed by atoms with E-state index in [2.05, 4.69) is 23.9 Å². The molecule has 2 N–H and O–H groups in total. The summed E-state index contributed by atoms with van der Waals surface area (Å²) < 4.78 is 9.88. The maximum Gasteiger partial charge on any atom is 0.343 e. The van der Waals surface area contributed by atoms with E-state index in [-0.39, 0.29) is 18.6 Å². The van der Waals surface area contributed by atoms with E-state index in [0.29, 0.717) is 5.75 Å². The van der Waals surface area contributed by atoms with Crippen LogP contribution in [-0.2, 0) is 16.0 Å². The number of allylic oxidation sites excluding steroid dienone is 2. The molecule has 3 atom stereocenters. The van der Waals surface area contributed by atoms with Gasteiger partial charge in [-0.2, -0.15) is 0 Å². The Morgan fingerprint density at radius 2 is 2.04 bits per heavy atom. The SMILES string of the molecule is CC[C@@H]1C=CC=CC1(O)N[C@H](C)Cc1ccc(OCC(=O)OC)cc1. The highest BCUT2D eigenvalue weighted by Crippen LogP contribution is 2.26. The van der Waals surface area contributed by atoms with Crippen LogP contribution in [-0.4, -0.2) is 36.6 Å². The van der Waals surface area contributed by atoms with E-state index in [1.165, 1.54) is 7.11 Å². The van der Waals surface area contributed by atoms with Gasteiger partial charge in [0.05, 0.1) is 7.11 Å². The third-order valence-corrected chi connectivity index (χ3v) is 4.34. The molecular formula is C20H27NO4. The van der Waals surface area contributed by atoms with Crippen LogP contribution in [0, 0.1) is 5.92 Å². The third-order valence-electron chi connectivity index (χ3n) is 4.34. The number of hydrogen-bond acceptors (Lipinski definition) is 5. The number of nitrogens with one attached hydrogen (secondary N) is 1. The molecule has 0 aliphatic heterocycles. The number of rotatable bonds is 8. The lowest BCUT2D eigenvalue weighted by atomic mass is 9.88. The van der Waals surface area contributed by atoms with Gasteiger partial charge < -0.3 is 14.6 Å². The van der Waals surface area contributed by atoms with Gasteiger partial charge in [-0.3, -0.25) is 5.32 Å². The van der Waals surface area contributed by atoms with Crippen molar-refractivity contribution in [2.75, 3.05) is 13.7 Å². The summed E-state index contributed by atoms with van der Waals surface area (Å²) in [5.74, 6) is 0.282. The van der Waals surface area contributed by atoms with Crippen molar-refractivity contribution in [2.45, 2.75) is 38.5 Å². The predicted molar refractivity (Wildman–Crippen MR) is 97.3 cm³/mol. The molecule has 0 fully saturated rings. The number of methoxy groups -OCH3 is 1. The van der Waals surface area contributed by atoms with Crippen molar-refractivity contribution in [3.8, 4) is 5.75 Å². The number of esters is 1. The average Bonchev–Trinajstić information content (AvgIpc) is 2.60. The molecule has 0 heterocycles. The molecule has 0 spiro atoms. The predicted octanol–water partition coefficient (Wildman–Crippen LogP) is 2.60. The van der Waals surface area contributed by atoms with Gasteiger partial charge in [0.2, 0.25) is 0 Å². The third kappa shape index (κ3) is 5.44. The summed E-state index contributed by atoms with van der Waals surface area (Å²) in [4.78, 5) is 11.1. The molecule has 0 saturated heterocycles. The normalized spacial score (nSPS) is 23.3. The van der Waals surface area contributed by atoms with E-state index in [0.717, 1.165) is 18.4 Å². The zero-order valence-electron chi connectivity index (χ0n) is 15.1. The van der Waals surface area contributed by atoms with Gasteiger partial charge in [-0.15, -0.1) is 0 Å². The van der Waals surface area contributed by atoms with Crippen LogP contribution < -0.4 is 10.1 Å². The minimum atomic E-state index is -1.01. The lowest BCUT2D eigenvalue weighted by Crippen LogP contribution is -2.53. The van der Waals surface area contributed by atoms with Crippen molar-refractivity contribution in [3.05, 3.63) is 54.1 Å². The van der Waals surface area contributed by atoms with Gasteiger partial charge in [-0.25, -0.2) is 4.79 Å². The average molecular weight is 345 g/mol. The zero-order chi connectivity index (χ0) is 18.3. The summed E-state index contributed by atoms with van der Waals surface area (Å²) in [5, 5.41) is 14.2. The molecule has 0 radical (unpaired) electrons. The Labute approximate surface area is 149 Å². The van der Waals surface area contributed by atoms with Crippen molar-refractivity contribution in [2.24, 2.45) is 5.92 Å². The summed E-state index contributed by atoms with van der Waals surface area (Å²) >= 11 is 0. The van der Waals surface area contributed by atoms with E-state index in [1.807, 2.05) is 48.6 Å². The van der Waals surface area contributed by atoms with Crippen LogP contribution >= 0.6 is 0 Å². The second kappa shape index (κ2) is 8.83. The number of ether oxygens (including phenoxy) is 2. The summed E-state index contributed by atoms with van der Waals surface area (Å²) in [5.41, 5.74) is 0.115. The molecule has 5 nitrogen and oxygen atoms in total. The molecule has 5 heteroatoms. The number of aliphatic hydroxyl groups is 1. The number of carbonyl (C=O) groups is 1. The Kier molecular flexibility index (Phi) is 6.79. The maximum atomic E-state index is 11.1. The van der Waals surface area contributed by atoms with Gasteiger partial charge in [0, 0.05) is 12.0 Å². The van der Waals surface area contributed by atoms with E-state index >= 15 is 0 Å². The quantitative estimate of drug-likeness (QED) is 0.560. The molecule has 0 bridgehead atoms. The second-order valence-corrected chi connectivity index (χ2v) is 6.34. The summed E-state index contributed by atoms with van der Waals surface area (Å²) in [6.45, 7) is 4.02. The Morgan fingerprint density at radius 1 is 1.32 bits per heavy atom. The lowest BCUT2D eigenvalue weighted by molar-refractivity contribution is -0.142. The molecule has 1 aromatic carbocycles. The minimum absolute atomic E-state index is 0.0639. The van der Waals surface area contributed by atoms with Crippen LogP contribution in [0.1, 0.15) is 25.8 Å². The Morgan fingerprint density at radius 3 is 2.68 bits per heavy atom. The van der Waals surface area contributed by atoms with Crippen molar-refractivity contribution in [1.82, 2.24) is 5.32 Å². The van der Waals surface area contributed by atoms with Crippen LogP contribution in [0.3, 0.4) is 0 Å². The Bertz CT molecular complexity index is 623. The van der Waals surface area contributed by atoms with Crippen molar-refractivity contribution >= 4 is 5.97 Å². The number of carbonyl (C=O) groups excluding carboxylic acids is 1. The van der Waals surface area contributed by atoms with E-state index in [1.54, 1.807) is 0 Å². The zero-order valence-corrected chi connectivity index (χ0v) is 15.1. The largest absolute Gasteiger partial charge is 0.482 e. The first-order valence-corrected chi connectivity index (χ1v) is 8.61. The minimum Gasteiger partial charge on any atom is -0.482 e. The van der Waals surface area contributed by atoms with Crippen LogP contribution in [0.5, 0.6) is 5.75 Å². The first-order valence-electron chi connectivity index (χ1n) is 8.61. The Balaban J connectivity index is 1.90. The van der Waals surface area contributed by atoms with E-state index in [4.69, 9.17) is 4.74 Å². The van der Waals surface area contributed by atoms with E-state index in [9.17, 15) is 9.90 Å². The molecule has 0 aromatic heterocycles. The van der Waals surface area contributed by atoms with Gasteiger partial charge in [-0.05, 0) is 43.5 Å². The first-order chi connectivity index (χ1) is 12.0. The molecule has 1 unspecified atom stereocenters. The summed E-state index contributed by atoms with van der Waals surface area (Å²) in [6.07, 6.45) is 9.34. The fraction of sp³-hybridized carbons (Fsp3) is 0.450. The molecule has 1 aliphatic rings. The van der Waals surface area contributed by atoms with Gasteiger partial charge >= 0.3 is 5.97 Å². The standard InChI is InChI=1S/C20H27NO4/c1-4-17-7-5-6-12-20(17,23)21-15(2)13-16-8-10-18(11-9-16)25-14-19(22)24-3/h5-12,15,17,21,23H,4,13-14H2,1-3H3/t15-,17-,20?/m1/s1. The highest BCUT2D eigenvalue weighted by Gasteiger charge is 2.33. The van der Waals surface area contributed by atoms with Gasteiger partial charge in [-0.1, -0.05) is 37.3 Å². The molecule has 2 rings (SSSR count). The highest BCUT2D eigenvalue weighted by atomic mass is 16.6.